The van der Waals surface area contributed by atoms with Crippen LogP contribution in [0.5, 0.6) is 0 Å². The summed E-state index contributed by atoms with van der Waals surface area (Å²) in [6.45, 7) is -6.02. The van der Waals surface area contributed by atoms with Crippen LogP contribution in [0.4, 0.5) is 0 Å². The van der Waals surface area contributed by atoms with Crippen LogP contribution in [0.15, 0.2) is 0 Å². The first-order chi connectivity index (χ1) is 26.3. The van der Waals surface area contributed by atoms with Gasteiger partial charge in [0.1, 0.15) is 116 Å². The van der Waals surface area contributed by atoms with E-state index in [1.807, 2.05) is 0 Å². The predicted molar refractivity (Wildman–Crippen MR) is 167 cm³/mol. The van der Waals surface area contributed by atoms with Crippen molar-refractivity contribution in [3.63, 3.8) is 0 Å². The molecule has 0 unspecified atom stereocenters. The highest BCUT2D eigenvalue weighted by Crippen LogP contribution is 2.48. The van der Waals surface area contributed by atoms with Gasteiger partial charge in [0.2, 0.25) is 5.79 Å². The Kier molecular flexibility index (Phi) is 15.0. The Morgan fingerprint density at radius 2 is 0.821 bits per heavy atom. The molecular formula is C30H52O26. The standard InChI is InChI=1S/C30H52O26/c31-1-7-12(34)20(42)25(47)30(56-7,29(6-33)24(46)16(38)8(2-32)55-29)51-5-11-15(37)19(41)23(45)28(54-11)50-4-10-14(36)18(40)22(44)27(53-10)49-3-9-13(35)17(39)21(43)26(48)52-9/h7-28,31-48H,1-6H2/t7-,8-,9-,10-,11-,12+,13-,14+,15+,16-,17+,18+,19+,20+,21-,22-,23-,24+,25-,26+,27+,28+,29+,30-/m1/s1. The van der Waals surface area contributed by atoms with Crippen molar-refractivity contribution in [3.8, 4) is 0 Å². The third-order valence-corrected chi connectivity index (χ3v) is 10.8. The maximum Gasteiger partial charge on any atom is 0.232 e. The number of aliphatic hydroxyl groups is 18. The molecule has 0 radical (unpaired) electrons. The number of ether oxygens (including phenoxy) is 8. The van der Waals surface area contributed by atoms with Gasteiger partial charge in [-0.1, -0.05) is 0 Å². The molecule has 5 aliphatic heterocycles. The first kappa shape index (κ1) is 46.0. The Bertz CT molecular complexity index is 1250. The Morgan fingerprint density at radius 3 is 1.29 bits per heavy atom. The van der Waals surface area contributed by atoms with Crippen LogP contribution in [0.25, 0.3) is 0 Å². The van der Waals surface area contributed by atoms with Gasteiger partial charge < -0.3 is 130 Å². The normalized spacial score (nSPS) is 54.3. The van der Waals surface area contributed by atoms with Crippen LogP contribution in [-0.4, -0.2) is 278 Å². The van der Waals surface area contributed by atoms with E-state index in [1.165, 1.54) is 0 Å². The molecule has 5 saturated heterocycles. The topological polar surface area (TPSA) is 438 Å². The van der Waals surface area contributed by atoms with Crippen molar-refractivity contribution >= 4 is 0 Å². The Morgan fingerprint density at radius 1 is 0.393 bits per heavy atom. The van der Waals surface area contributed by atoms with Crippen molar-refractivity contribution in [2.24, 2.45) is 0 Å². The van der Waals surface area contributed by atoms with Crippen molar-refractivity contribution in [1.29, 1.82) is 0 Å². The SMILES string of the molecule is OC[C@H]1O[C@@](OC[C@H]2O[C@H](OC[C@H]3O[C@H](OC[C@H]4O[C@H](O)[C@H](O)[C@@H](O)[C@@H]4O)[C@H](O)[C@@H](O)[C@H]3O)[C@H](O)[C@@H](O)[C@H]2O)([C@@]2(CO)O[C@H](CO)[C@@H](O)[C@@H]2O)[C@H](O)[C@@H](O)[C@H]1O. The van der Waals surface area contributed by atoms with Gasteiger partial charge in [-0.2, -0.15) is 0 Å². The second-order valence-electron chi connectivity index (χ2n) is 14.3. The van der Waals surface area contributed by atoms with Gasteiger partial charge in [-0.05, 0) is 0 Å². The second-order valence-corrected chi connectivity index (χ2v) is 14.3. The molecular weight excluding hydrogens is 776 g/mol. The lowest BCUT2D eigenvalue weighted by Crippen LogP contribution is -2.78. The van der Waals surface area contributed by atoms with Gasteiger partial charge in [-0.25, -0.2) is 0 Å². The molecule has 24 atom stereocenters. The van der Waals surface area contributed by atoms with Gasteiger partial charge in [-0.3, -0.25) is 0 Å². The summed E-state index contributed by atoms with van der Waals surface area (Å²) in [4.78, 5) is 0. The molecule has 5 heterocycles. The van der Waals surface area contributed by atoms with Crippen LogP contribution in [0.3, 0.4) is 0 Å². The van der Waals surface area contributed by atoms with E-state index < -0.39 is 186 Å². The lowest BCUT2D eigenvalue weighted by molar-refractivity contribution is -0.434. The summed E-state index contributed by atoms with van der Waals surface area (Å²) >= 11 is 0. The molecule has 328 valence electrons. The monoisotopic (exact) mass is 828 g/mol. The molecule has 0 amide bonds. The van der Waals surface area contributed by atoms with E-state index in [0.717, 1.165) is 0 Å². The minimum absolute atomic E-state index is 0.704. The lowest BCUT2D eigenvalue weighted by Gasteiger charge is -2.55. The summed E-state index contributed by atoms with van der Waals surface area (Å²) < 4.78 is 43.9. The molecule has 5 fully saturated rings. The molecule has 0 aliphatic carbocycles. The number of hydrogen-bond acceptors (Lipinski definition) is 26. The van der Waals surface area contributed by atoms with E-state index in [0.29, 0.717) is 0 Å². The Balaban J connectivity index is 1.30. The molecule has 5 aliphatic rings. The molecule has 18 N–H and O–H groups in total. The summed E-state index contributed by atoms with van der Waals surface area (Å²) in [5.74, 6) is -3.07. The van der Waals surface area contributed by atoms with Crippen molar-refractivity contribution in [2.45, 2.75) is 146 Å². The first-order valence-corrected chi connectivity index (χ1v) is 17.5. The van der Waals surface area contributed by atoms with E-state index >= 15 is 0 Å². The average Bonchev–Trinajstić information content (AvgIpc) is 3.45. The van der Waals surface area contributed by atoms with Crippen LogP contribution >= 0.6 is 0 Å². The quantitative estimate of drug-likeness (QED) is 0.0819. The van der Waals surface area contributed by atoms with Crippen molar-refractivity contribution in [2.75, 3.05) is 39.6 Å². The molecule has 0 aromatic heterocycles. The van der Waals surface area contributed by atoms with Crippen molar-refractivity contribution < 1.29 is 130 Å². The van der Waals surface area contributed by atoms with E-state index in [4.69, 9.17) is 37.9 Å². The van der Waals surface area contributed by atoms with Gasteiger partial charge in [0.15, 0.2) is 24.5 Å². The van der Waals surface area contributed by atoms with Gasteiger partial charge in [0.05, 0.1) is 39.6 Å². The smallest absolute Gasteiger partial charge is 0.232 e. The zero-order valence-electron chi connectivity index (χ0n) is 29.3. The van der Waals surface area contributed by atoms with Gasteiger partial charge in [0.25, 0.3) is 0 Å². The van der Waals surface area contributed by atoms with Crippen LogP contribution in [0.2, 0.25) is 0 Å². The largest absolute Gasteiger partial charge is 0.394 e. The first-order valence-electron chi connectivity index (χ1n) is 17.5. The molecule has 0 aromatic rings. The van der Waals surface area contributed by atoms with Crippen molar-refractivity contribution in [3.05, 3.63) is 0 Å². The zero-order chi connectivity index (χ0) is 41.6. The maximum absolute atomic E-state index is 11.3. The van der Waals surface area contributed by atoms with E-state index in [-0.39, 0.29) is 0 Å². The molecule has 26 heteroatoms. The Hall–Kier alpha value is -1.04. The van der Waals surface area contributed by atoms with E-state index in [9.17, 15) is 91.9 Å². The minimum atomic E-state index is -3.07. The highest BCUT2D eigenvalue weighted by Gasteiger charge is 2.73. The Labute approximate surface area is 315 Å². The fraction of sp³-hybridized carbons (Fsp3) is 1.00. The summed E-state index contributed by atoms with van der Waals surface area (Å²) in [6, 6.07) is 0. The predicted octanol–water partition coefficient (Wildman–Crippen LogP) is -12.5. The molecule has 5 rings (SSSR count). The minimum Gasteiger partial charge on any atom is -0.394 e. The average molecular weight is 829 g/mol. The van der Waals surface area contributed by atoms with Crippen LogP contribution in [0, 0.1) is 0 Å². The van der Waals surface area contributed by atoms with Crippen LogP contribution in [-0.2, 0) is 37.9 Å². The van der Waals surface area contributed by atoms with E-state index in [2.05, 4.69) is 0 Å². The number of aliphatic hydroxyl groups excluding tert-OH is 18. The second kappa shape index (κ2) is 18.3. The molecule has 0 spiro atoms. The summed E-state index contributed by atoms with van der Waals surface area (Å²) in [5.41, 5.74) is -2.80. The molecule has 0 bridgehead atoms. The fourth-order valence-electron chi connectivity index (χ4n) is 7.33. The van der Waals surface area contributed by atoms with Gasteiger partial charge >= 0.3 is 0 Å². The molecule has 56 heavy (non-hydrogen) atoms. The van der Waals surface area contributed by atoms with Crippen LogP contribution in [0.1, 0.15) is 0 Å². The summed E-state index contributed by atoms with van der Waals surface area (Å²) in [5, 5.41) is 187. The summed E-state index contributed by atoms with van der Waals surface area (Å²) in [6.07, 6.45) is -42.6. The lowest BCUT2D eigenvalue weighted by atomic mass is 9.78. The maximum atomic E-state index is 11.3. The third kappa shape index (κ3) is 8.09. The third-order valence-electron chi connectivity index (χ3n) is 10.8. The highest BCUT2D eigenvalue weighted by atomic mass is 16.8. The van der Waals surface area contributed by atoms with Gasteiger partial charge in [0, 0.05) is 0 Å². The van der Waals surface area contributed by atoms with Gasteiger partial charge in [-0.15, -0.1) is 0 Å². The molecule has 26 nitrogen and oxygen atoms in total. The zero-order valence-corrected chi connectivity index (χ0v) is 29.3. The van der Waals surface area contributed by atoms with Crippen LogP contribution < -0.4 is 0 Å². The van der Waals surface area contributed by atoms with Crippen molar-refractivity contribution in [1.82, 2.24) is 0 Å². The molecule has 0 saturated carbocycles. The molecule has 0 aromatic carbocycles. The van der Waals surface area contributed by atoms with E-state index in [1.54, 1.807) is 0 Å². The number of hydrogen-bond donors (Lipinski definition) is 18. The summed E-state index contributed by atoms with van der Waals surface area (Å²) in [7, 11) is 0. The fourth-order valence-corrected chi connectivity index (χ4v) is 7.33. The highest BCUT2D eigenvalue weighted by molar-refractivity contribution is 5.16. The number of rotatable bonds is 13.